The molecule has 0 bridgehead atoms. The highest BCUT2D eigenvalue weighted by Crippen LogP contribution is 2.21. The zero-order valence-electron chi connectivity index (χ0n) is 14.2. The van der Waals surface area contributed by atoms with Gasteiger partial charge in [-0.1, -0.05) is 60.1 Å². The van der Waals surface area contributed by atoms with Gasteiger partial charge in [-0.2, -0.15) is 5.10 Å². The Balaban J connectivity index is 1.54. The zero-order valence-corrected chi connectivity index (χ0v) is 14.9. The van der Waals surface area contributed by atoms with Crippen LogP contribution in [0.4, 0.5) is 10.2 Å². The molecule has 0 atom stereocenters. The summed E-state index contributed by atoms with van der Waals surface area (Å²) in [6.45, 7) is 0.553. The van der Waals surface area contributed by atoms with Gasteiger partial charge < -0.3 is 5.32 Å². The fourth-order valence-electron chi connectivity index (χ4n) is 3.01. The van der Waals surface area contributed by atoms with Gasteiger partial charge in [0.15, 0.2) is 5.82 Å². The Morgan fingerprint density at radius 1 is 1.04 bits per heavy atom. The number of halogens is 2. The van der Waals surface area contributed by atoms with E-state index in [1.54, 1.807) is 16.9 Å². The first-order valence-electron chi connectivity index (χ1n) is 8.37. The first kappa shape index (κ1) is 17.2. The maximum Gasteiger partial charge on any atom is 0.261 e. The van der Waals surface area contributed by atoms with Crippen LogP contribution in [0.5, 0.6) is 0 Å². The third kappa shape index (κ3) is 3.55. The lowest BCUT2D eigenvalue weighted by Gasteiger charge is -2.07. The molecule has 0 aliphatic carbocycles. The van der Waals surface area contributed by atoms with E-state index >= 15 is 0 Å². The summed E-state index contributed by atoms with van der Waals surface area (Å²) in [5.41, 5.74) is 0.925. The molecule has 1 N–H and O–H groups in total. The number of anilines is 1. The van der Waals surface area contributed by atoms with Crippen molar-refractivity contribution in [2.45, 2.75) is 6.54 Å². The fourth-order valence-corrected chi connectivity index (χ4v) is 3.26. The second-order valence-electron chi connectivity index (χ2n) is 6.09. The zero-order chi connectivity index (χ0) is 18.8. The lowest BCUT2D eigenvalue weighted by molar-refractivity contribution is 0.102. The molecular formula is C21H15ClFN3O. The summed E-state index contributed by atoms with van der Waals surface area (Å²) in [7, 11) is 0. The SMILES string of the molecule is O=C(Nc1ccn(Cc2cccc3ccccc23)n1)c1c(F)cccc1Cl. The van der Waals surface area contributed by atoms with Crippen molar-refractivity contribution in [2.24, 2.45) is 0 Å². The third-order valence-corrected chi connectivity index (χ3v) is 4.60. The molecule has 1 aromatic heterocycles. The van der Waals surface area contributed by atoms with Crippen LogP contribution in [-0.4, -0.2) is 15.7 Å². The van der Waals surface area contributed by atoms with E-state index in [1.165, 1.54) is 18.2 Å². The van der Waals surface area contributed by atoms with Crippen molar-refractivity contribution < 1.29 is 9.18 Å². The van der Waals surface area contributed by atoms with Crippen molar-refractivity contribution in [3.8, 4) is 0 Å². The van der Waals surface area contributed by atoms with E-state index < -0.39 is 11.7 Å². The molecule has 0 aliphatic rings. The van der Waals surface area contributed by atoms with Crippen molar-refractivity contribution in [2.75, 3.05) is 5.32 Å². The number of nitrogens with one attached hydrogen (secondary N) is 1. The van der Waals surface area contributed by atoms with Gasteiger partial charge in [0.1, 0.15) is 5.82 Å². The standard InChI is InChI=1S/C21H15ClFN3O/c22-17-9-4-10-18(23)20(17)21(27)24-19-11-12-26(25-19)13-15-7-3-6-14-5-1-2-8-16(14)15/h1-12H,13H2,(H,24,25,27). The van der Waals surface area contributed by atoms with Crippen LogP contribution in [-0.2, 0) is 6.54 Å². The lowest BCUT2D eigenvalue weighted by atomic mass is 10.0. The van der Waals surface area contributed by atoms with E-state index in [2.05, 4.69) is 28.6 Å². The summed E-state index contributed by atoms with van der Waals surface area (Å²) >= 11 is 5.93. The van der Waals surface area contributed by atoms with Crippen LogP contribution < -0.4 is 5.32 Å². The maximum absolute atomic E-state index is 13.9. The Labute approximate surface area is 160 Å². The Bertz CT molecular complexity index is 1110. The topological polar surface area (TPSA) is 46.9 Å². The second-order valence-corrected chi connectivity index (χ2v) is 6.49. The van der Waals surface area contributed by atoms with Crippen molar-refractivity contribution in [3.63, 3.8) is 0 Å². The summed E-state index contributed by atoms with van der Waals surface area (Å²) in [5, 5.41) is 9.31. The van der Waals surface area contributed by atoms with Gasteiger partial charge in [-0.25, -0.2) is 4.39 Å². The van der Waals surface area contributed by atoms with Crippen LogP contribution in [0.1, 0.15) is 15.9 Å². The van der Waals surface area contributed by atoms with Gasteiger partial charge in [0, 0.05) is 12.3 Å². The molecule has 0 spiro atoms. The average Bonchev–Trinajstić information content (AvgIpc) is 3.09. The van der Waals surface area contributed by atoms with E-state index in [1.807, 2.05) is 24.3 Å². The molecule has 1 heterocycles. The Hall–Kier alpha value is -3.18. The molecule has 3 aromatic carbocycles. The van der Waals surface area contributed by atoms with Gasteiger partial charge in [0.05, 0.1) is 17.1 Å². The molecule has 4 rings (SSSR count). The molecule has 0 aliphatic heterocycles. The summed E-state index contributed by atoms with van der Waals surface area (Å²) in [6, 6.07) is 20.0. The average molecular weight is 380 g/mol. The van der Waals surface area contributed by atoms with E-state index in [4.69, 9.17) is 11.6 Å². The number of carbonyl (C=O) groups excluding carboxylic acids is 1. The lowest BCUT2D eigenvalue weighted by Crippen LogP contribution is -2.15. The summed E-state index contributed by atoms with van der Waals surface area (Å²) in [5.74, 6) is -0.969. The van der Waals surface area contributed by atoms with E-state index in [0.717, 1.165) is 16.3 Å². The summed E-state index contributed by atoms with van der Waals surface area (Å²) in [4.78, 5) is 12.3. The summed E-state index contributed by atoms with van der Waals surface area (Å²) < 4.78 is 15.6. The number of benzene rings is 3. The predicted octanol–water partition coefficient (Wildman–Crippen LogP) is 5.13. The molecule has 0 radical (unpaired) electrons. The maximum atomic E-state index is 13.9. The number of amides is 1. The fraction of sp³-hybridized carbons (Fsp3) is 0.0476. The highest BCUT2D eigenvalue weighted by Gasteiger charge is 2.16. The number of nitrogens with zero attached hydrogens (tertiary/aromatic N) is 2. The van der Waals surface area contributed by atoms with Gasteiger partial charge in [0.2, 0.25) is 0 Å². The van der Waals surface area contributed by atoms with Gasteiger partial charge >= 0.3 is 0 Å². The van der Waals surface area contributed by atoms with Crippen LogP contribution in [0.15, 0.2) is 72.9 Å². The quantitative estimate of drug-likeness (QED) is 0.534. The van der Waals surface area contributed by atoms with Gasteiger partial charge in [-0.15, -0.1) is 0 Å². The van der Waals surface area contributed by atoms with Crippen molar-refractivity contribution in [1.82, 2.24) is 9.78 Å². The smallest absolute Gasteiger partial charge is 0.261 e. The Kier molecular flexibility index (Phi) is 4.60. The molecule has 4 aromatic rings. The number of hydrogen-bond donors (Lipinski definition) is 1. The summed E-state index contributed by atoms with van der Waals surface area (Å²) in [6.07, 6.45) is 1.76. The molecule has 0 saturated carbocycles. The number of aromatic nitrogens is 2. The molecule has 0 fully saturated rings. The van der Waals surface area contributed by atoms with Crippen LogP contribution in [0.25, 0.3) is 10.8 Å². The number of rotatable bonds is 4. The van der Waals surface area contributed by atoms with Gasteiger partial charge in [-0.3, -0.25) is 9.48 Å². The van der Waals surface area contributed by atoms with Crippen LogP contribution >= 0.6 is 11.6 Å². The molecule has 27 heavy (non-hydrogen) atoms. The largest absolute Gasteiger partial charge is 0.305 e. The second kappa shape index (κ2) is 7.21. The number of fused-ring (bicyclic) bond motifs is 1. The third-order valence-electron chi connectivity index (χ3n) is 4.28. The van der Waals surface area contributed by atoms with Crippen molar-refractivity contribution in [3.05, 3.63) is 94.9 Å². The number of hydrogen-bond acceptors (Lipinski definition) is 2. The molecule has 0 unspecified atom stereocenters. The Morgan fingerprint density at radius 2 is 1.81 bits per heavy atom. The van der Waals surface area contributed by atoms with Crippen molar-refractivity contribution in [1.29, 1.82) is 0 Å². The minimum Gasteiger partial charge on any atom is -0.305 e. The van der Waals surface area contributed by atoms with Gasteiger partial charge in [-0.05, 0) is 28.5 Å². The molecule has 0 saturated heterocycles. The highest BCUT2D eigenvalue weighted by atomic mass is 35.5. The monoisotopic (exact) mass is 379 g/mol. The van der Waals surface area contributed by atoms with Crippen LogP contribution in [0.3, 0.4) is 0 Å². The minimum absolute atomic E-state index is 0.0580. The Morgan fingerprint density at radius 3 is 2.67 bits per heavy atom. The van der Waals surface area contributed by atoms with Gasteiger partial charge in [0.25, 0.3) is 5.91 Å². The van der Waals surface area contributed by atoms with E-state index in [9.17, 15) is 9.18 Å². The van der Waals surface area contributed by atoms with Crippen LogP contribution in [0.2, 0.25) is 5.02 Å². The minimum atomic E-state index is -0.671. The first-order valence-corrected chi connectivity index (χ1v) is 8.75. The number of carbonyl (C=O) groups is 1. The van der Waals surface area contributed by atoms with E-state index in [0.29, 0.717) is 12.4 Å². The normalized spacial score (nSPS) is 10.9. The molecule has 1 amide bonds. The predicted molar refractivity (Wildman–Crippen MR) is 105 cm³/mol. The van der Waals surface area contributed by atoms with Crippen LogP contribution in [0, 0.1) is 5.82 Å². The molecular weight excluding hydrogens is 365 g/mol. The molecule has 6 heteroatoms. The van der Waals surface area contributed by atoms with Crippen molar-refractivity contribution >= 4 is 34.1 Å². The molecule has 134 valence electrons. The van der Waals surface area contributed by atoms with E-state index in [-0.39, 0.29) is 10.6 Å². The highest BCUT2D eigenvalue weighted by molar-refractivity contribution is 6.34. The molecule has 4 nitrogen and oxygen atoms in total. The first-order chi connectivity index (χ1) is 13.1.